The van der Waals surface area contributed by atoms with Crippen LogP contribution in [0.2, 0.25) is 0 Å². The number of fused-ring (bicyclic) bond motifs is 2. The van der Waals surface area contributed by atoms with Crippen LogP contribution in [-0.4, -0.2) is 12.1 Å². The predicted molar refractivity (Wildman–Crippen MR) is 104 cm³/mol. The Morgan fingerprint density at radius 2 is 1.60 bits per heavy atom. The van der Waals surface area contributed by atoms with Gasteiger partial charge in [-0.25, -0.2) is 0 Å². The van der Waals surface area contributed by atoms with E-state index in [-0.39, 0.29) is 5.43 Å². The van der Waals surface area contributed by atoms with Crippen LogP contribution in [-0.2, 0) is 0 Å². The molecule has 1 heterocycles. The minimum Gasteiger partial charge on any atom is -0.497 e. The lowest BCUT2D eigenvalue weighted by atomic mass is 10.1. The van der Waals surface area contributed by atoms with Gasteiger partial charge < -0.3 is 9.72 Å². The topological polar surface area (TPSA) is 42.1 Å². The second kappa shape index (κ2) is 6.29. The van der Waals surface area contributed by atoms with Crippen molar-refractivity contribution in [3.63, 3.8) is 0 Å². The van der Waals surface area contributed by atoms with Gasteiger partial charge in [0.15, 0.2) is 5.43 Å². The van der Waals surface area contributed by atoms with Gasteiger partial charge in [-0.3, -0.25) is 4.79 Å². The van der Waals surface area contributed by atoms with Crippen molar-refractivity contribution in [2.45, 2.75) is 0 Å². The Kier molecular flexibility index (Phi) is 3.82. The fourth-order valence-electron chi connectivity index (χ4n) is 3.01. The molecule has 0 saturated carbocycles. The number of para-hydroxylation sites is 2. The number of H-pyrrole nitrogens is 1. The van der Waals surface area contributed by atoms with E-state index >= 15 is 0 Å². The maximum Gasteiger partial charge on any atom is 0.197 e. The average molecular weight is 327 g/mol. The van der Waals surface area contributed by atoms with Gasteiger partial charge in [0.2, 0.25) is 0 Å². The minimum atomic E-state index is 0.0593. The predicted octanol–water partition coefficient (Wildman–Crippen LogP) is 4.86. The van der Waals surface area contributed by atoms with Gasteiger partial charge in [0.25, 0.3) is 0 Å². The van der Waals surface area contributed by atoms with Crippen LogP contribution in [0.25, 0.3) is 34.0 Å². The Hall–Kier alpha value is -3.33. The zero-order valence-corrected chi connectivity index (χ0v) is 13.8. The lowest BCUT2D eigenvalue weighted by Crippen LogP contribution is -2.04. The molecule has 4 rings (SSSR count). The molecule has 1 aromatic heterocycles. The third-order valence-corrected chi connectivity index (χ3v) is 4.34. The Balaban J connectivity index is 1.84. The Morgan fingerprint density at radius 3 is 2.40 bits per heavy atom. The Morgan fingerprint density at radius 1 is 0.840 bits per heavy atom. The van der Waals surface area contributed by atoms with Gasteiger partial charge in [-0.2, -0.15) is 0 Å². The standard InChI is InChI=1S/C22H17NO2/c1-25-17-13-10-15(11-14-17)9-12-16-5-4-7-19-21(16)23-20-8-3-2-6-18(20)22(19)24/h2-14H,1H3,(H,23,24)/b12-9+. The summed E-state index contributed by atoms with van der Waals surface area (Å²) in [6.07, 6.45) is 4.05. The fourth-order valence-corrected chi connectivity index (χ4v) is 3.01. The molecular weight excluding hydrogens is 310 g/mol. The molecule has 0 aliphatic rings. The average Bonchev–Trinajstić information content (AvgIpc) is 2.67. The summed E-state index contributed by atoms with van der Waals surface area (Å²) in [5.41, 5.74) is 3.82. The number of ether oxygens (including phenoxy) is 1. The van der Waals surface area contributed by atoms with Crippen LogP contribution in [0.15, 0.2) is 71.5 Å². The van der Waals surface area contributed by atoms with Crippen molar-refractivity contribution < 1.29 is 4.74 Å². The molecule has 0 unspecified atom stereocenters. The summed E-state index contributed by atoms with van der Waals surface area (Å²) in [5, 5.41) is 1.42. The minimum absolute atomic E-state index is 0.0593. The van der Waals surface area contributed by atoms with E-state index in [2.05, 4.69) is 4.98 Å². The molecule has 0 saturated heterocycles. The number of methoxy groups -OCH3 is 1. The van der Waals surface area contributed by atoms with E-state index in [9.17, 15) is 4.79 Å². The fraction of sp³-hybridized carbons (Fsp3) is 0.0455. The van der Waals surface area contributed by atoms with Crippen LogP contribution in [0.3, 0.4) is 0 Å². The van der Waals surface area contributed by atoms with Gasteiger partial charge in [-0.15, -0.1) is 0 Å². The van der Waals surface area contributed by atoms with Crippen LogP contribution < -0.4 is 10.2 Å². The van der Waals surface area contributed by atoms with E-state index in [1.54, 1.807) is 7.11 Å². The quantitative estimate of drug-likeness (QED) is 0.431. The van der Waals surface area contributed by atoms with Crippen LogP contribution >= 0.6 is 0 Å². The highest BCUT2D eigenvalue weighted by Crippen LogP contribution is 2.20. The first kappa shape index (κ1) is 15.2. The molecule has 122 valence electrons. The number of aromatic nitrogens is 1. The Labute approximate surface area is 145 Å². The van der Waals surface area contributed by atoms with Gasteiger partial charge >= 0.3 is 0 Å². The smallest absolute Gasteiger partial charge is 0.197 e. The van der Waals surface area contributed by atoms with Gasteiger partial charge in [-0.05, 0) is 41.5 Å². The van der Waals surface area contributed by atoms with Gasteiger partial charge in [-0.1, -0.05) is 48.6 Å². The Bertz CT molecular complexity index is 1140. The first-order valence-electron chi connectivity index (χ1n) is 8.12. The zero-order chi connectivity index (χ0) is 17.2. The van der Waals surface area contributed by atoms with E-state index in [0.29, 0.717) is 10.8 Å². The molecule has 0 atom stereocenters. The number of hydrogen-bond donors (Lipinski definition) is 1. The highest BCUT2D eigenvalue weighted by Gasteiger charge is 2.06. The normalized spacial score (nSPS) is 11.4. The summed E-state index contributed by atoms with van der Waals surface area (Å²) < 4.78 is 5.18. The van der Waals surface area contributed by atoms with Crippen molar-refractivity contribution >= 4 is 34.0 Å². The van der Waals surface area contributed by atoms with Crippen LogP contribution in [0.5, 0.6) is 5.75 Å². The zero-order valence-electron chi connectivity index (χ0n) is 13.8. The molecule has 4 aromatic rings. The maximum atomic E-state index is 12.7. The molecule has 0 amide bonds. The second-order valence-electron chi connectivity index (χ2n) is 5.88. The molecule has 3 aromatic carbocycles. The largest absolute Gasteiger partial charge is 0.497 e. The number of hydrogen-bond acceptors (Lipinski definition) is 2. The molecule has 0 aliphatic heterocycles. The van der Waals surface area contributed by atoms with Crippen LogP contribution in [0.4, 0.5) is 0 Å². The summed E-state index contributed by atoms with van der Waals surface area (Å²) in [5.74, 6) is 0.832. The van der Waals surface area contributed by atoms with E-state index in [4.69, 9.17) is 4.74 Å². The SMILES string of the molecule is COc1ccc(/C=C/c2cccc3c(=O)c4ccccc4[nH]c23)cc1. The van der Waals surface area contributed by atoms with E-state index in [1.165, 1.54) is 0 Å². The lowest BCUT2D eigenvalue weighted by Gasteiger charge is -2.05. The summed E-state index contributed by atoms with van der Waals surface area (Å²) in [6, 6.07) is 21.2. The van der Waals surface area contributed by atoms with Crippen molar-refractivity contribution in [2.24, 2.45) is 0 Å². The van der Waals surface area contributed by atoms with Crippen LogP contribution in [0, 0.1) is 0 Å². The van der Waals surface area contributed by atoms with Crippen molar-refractivity contribution in [3.8, 4) is 5.75 Å². The molecular formula is C22H17NO2. The van der Waals surface area contributed by atoms with Crippen molar-refractivity contribution in [1.29, 1.82) is 0 Å². The number of nitrogens with one attached hydrogen (secondary N) is 1. The second-order valence-corrected chi connectivity index (χ2v) is 5.88. The van der Waals surface area contributed by atoms with Gasteiger partial charge in [0.1, 0.15) is 5.75 Å². The monoisotopic (exact) mass is 327 g/mol. The highest BCUT2D eigenvalue weighted by molar-refractivity contribution is 5.97. The van der Waals surface area contributed by atoms with Gasteiger partial charge in [0, 0.05) is 16.3 Å². The van der Waals surface area contributed by atoms with E-state index < -0.39 is 0 Å². The number of pyridine rings is 1. The molecule has 3 nitrogen and oxygen atoms in total. The third kappa shape index (κ3) is 2.81. The molecule has 0 radical (unpaired) electrons. The summed E-state index contributed by atoms with van der Waals surface area (Å²) in [4.78, 5) is 16.1. The van der Waals surface area contributed by atoms with E-state index in [0.717, 1.165) is 27.9 Å². The number of aromatic amines is 1. The highest BCUT2D eigenvalue weighted by atomic mass is 16.5. The molecule has 3 heteroatoms. The number of benzene rings is 3. The first-order chi connectivity index (χ1) is 12.3. The van der Waals surface area contributed by atoms with Crippen molar-refractivity contribution in [3.05, 3.63) is 88.1 Å². The molecule has 0 bridgehead atoms. The molecule has 0 fully saturated rings. The lowest BCUT2D eigenvalue weighted by molar-refractivity contribution is 0.415. The van der Waals surface area contributed by atoms with Crippen molar-refractivity contribution in [2.75, 3.05) is 7.11 Å². The van der Waals surface area contributed by atoms with Crippen LogP contribution in [0.1, 0.15) is 11.1 Å². The summed E-state index contributed by atoms with van der Waals surface area (Å²) in [6.45, 7) is 0. The summed E-state index contributed by atoms with van der Waals surface area (Å²) in [7, 11) is 1.65. The van der Waals surface area contributed by atoms with Crippen molar-refractivity contribution in [1.82, 2.24) is 4.98 Å². The summed E-state index contributed by atoms with van der Waals surface area (Å²) >= 11 is 0. The third-order valence-electron chi connectivity index (χ3n) is 4.34. The maximum absolute atomic E-state index is 12.7. The molecule has 25 heavy (non-hydrogen) atoms. The van der Waals surface area contributed by atoms with E-state index in [1.807, 2.05) is 78.9 Å². The first-order valence-corrected chi connectivity index (χ1v) is 8.12. The molecule has 0 spiro atoms. The number of rotatable bonds is 3. The molecule has 0 aliphatic carbocycles. The van der Waals surface area contributed by atoms with Gasteiger partial charge in [0.05, 0.1) is 12.6 Å². The molecule has 1 N–H and O–H groups in total.